The maximum absolute atomic E-state index is 13.5. The molecule has 2 amide bonds. The summed E-state index contributed by atoms with van der Waals surface area (Å²) in [7, 11) is 0. The summed E-state index contributed by atoms with van der Waals surface area (Å²) in [5.74, 6) is 0.254. The molecule has 0 aliphatic carbocycles. The van der Waals surface area contributed by atoms with E-state index in [-0.39, 0.29) is 18.4 Å². The third-order valence-corrected chi connectivity index (χ3v) is 8.15. The van der Waals surface area contributed by atoms with Crippen LogP contribution in [0.1, 0.15) is 23.1 Å². The van der Waals surface area contributed by atoms with Gasteiger partial charge in [-0.3, -0.25) is 19.4 Å². The van der Waals surface area contributed by atoms with Crippen molar-refractivity contribution in [2.24, 2.45) is 4.99 Å². The van der Waals surface area contributed by atoms with Crippen LogP contribution in [0.3, 0.4) is 0 Å². The molecular formula is C33H36N4O4S. The molecule has 0 bridgehead atoms. The largest absolute Gasteiger partial charge is 0.484 e. The lowest BCUT2D eigenvalue weighted by atomic mass is 10.1. The van der Waals surface area contributed by atoms with Crippen LogP contribution < -0.4 is 10.1 Å². The zero-order chi connectivity index (χ0) is 29.3. The number of nitrogens with zero attached hydrogens (tertiary/aromatic N) is 3. The molecule has 0 aromatic heterocycles. The number of hydrogen-bond donors (Lipinski definition) is 1. The van der Waals surface area contributed by atoms with E-state index in [1.807, 2.05) is 86.7 Å². The zero-order valence-corrected chi connectivity index (χ0v) is 24.9. The Labute approximate surface area is 251 Å². The van der Waals surface area contributed by atoms with E-state index >= 15 is 0 Å². The lowest BCUT2D eigenvalue weighted by molar-refractivity contribution is -0.122. The summed E-state index contributed by atoms with van der Waals surface area (Å²) in [5.41, 5.74) is 4.64. The molecule has 0 radical (unpaired) electrons. The van der Waals surface area contributed by atoms with Crippen LogP contribution in [0.5, 0.6) is 5.75 Å². The van der Waals surface area contributed by atoms with Crippen LogP contribution >= 0.6 is 11.8 Å². The lowest BCUT2D eigenvalue weighted by Crippen LogP contribution is -2.38. The van der Waals surface area contributed by atoms with Gasteiger partial charge in [0.2, 0.25) is 0 Å². The van der Waals surface area contributed by atoms with E-state index in [1.165, 1.54) is 17.3 Å². The molecule has 0 atom stereocenters. The molecule has 0 saturated carbocycles. The second-order valence-corrected chi connectivity index (χ2v) is 11.3. The van der Waals surface area contributed by atoms with E-state index in [1.54, 1.807) is 11.0 Å². The fourth-order valence-electron chi connectivity index (χ4n) is 4.69. The normalized spacial score (nSPS) is 17.7. The van der Waals surface area contributed by atoms with Crippen LogP contribution in [0.25, 0.3) is 6.08 Å². The van der Waals surface area contributed by atoms with Gasteiger partial charge in [0, 0.05) is 31.9 Å². The third kappa shape index (κ3) is 8.09. The number of anilines is 1. The molecule has 3 aromatic rings. The molecule has 0 spiro atoms. The molecule has 9 heteroatoms. The number of carbonyl (C=O) groups is 2. The summed E-state index contributed by atoms with van der Waals surface area (Å²) in [4.78, 5) is 35.6. The Morgan fingerprint density at radius 2 is 1.81 bits per heavy atom. The second-order valence-electron chi connectivity index (χ2n) is 10.3. The van der Waals surface area contributed by atoms with Crippen molar-refractivity contribution in [2.75, 3.05) is 51.3 Å². The van der Waals surface area contributed by atoms with Crippen LogP contribution in [0.4, 0.5) is 11.4 Å². The van der Waals surface area contributed by atoms with Gasteiger partial charge in [-0.1, -0.05) is 36.4 Å². The van der Waals surface area contributed by atoms with Crippen LogP contribution in [-0.4, -0.2) is 72.8 Å². The molecule has 2 heterocycles. The number of morpholine rings is 1. The zero-order valence-electron chi connectivity index (χ0n) is 24.0. The highest BCUT2D eigenvalue weighted by Crippen LogP contribution is 2.34. The van der Waals surface area contributed by atoms with Crippen molar-refractivity contribution in [2.45, 2.75) is 20.3 Å². The van der Waals surface area contributed by atoms with E-state index in [2.05, 4.69) is 10.2 Å². The highest BCUT2D eigenvalue weighted by atomic mass is 32.2. The number of ether oxygens (including phenoxy) is 2. The Morgan fingerprint density at radius 3 is 2.60 bits per heavy atom. The Kier molecular flexibility index (Phi) is 10.1. The number of thioether (sulfide) groups is 1. The van der Waals surface area contributed by atoms with E-state index in [4.69, 9.17) is 14.5 Å². The van der Waals surface area contributed by atoms with Gasteiger partial charge in [0.15, 0.2) is 11.8 Å². The number of benzene rings is 3. The molecule has 218 valence electrons. The number of para-hydroxylation sites is 1. The average Bonchev–Trinajstić information content (AvgIpc) is 3.28. The molecule has 2 saturated heterocycles. The van der Waals surface area contributed by atoms with E-state index in [9.17, 15) is 9.59 Å². The minimum atomic E-state index is -0.238. The van der Waals surface area contributed by atoms with Crippen molar-refractivity contribution in [1.82, 2.24) is 9.80 Å². The molecule has 1 N–H and O–H groups in total. The van der Waals surface area contributed by atoms with Gasteiger partial charge < -0.3 is 14.8 Å². The molecule has 8 nitrogen and oxygen atoms in total. The first-order chi connectivity index (χ1) is 20.4. The van der Waals surface area contributed by atoms with Gasteiger partial charge in [0.05, 0.1) is 23.8 Å². The predicted molar refractivity (Wildman–Crippen MR) is 169 cm³/mol. The summed E-state index contributed by atoms with van der Waals surface area (Å²) < 4.78 is 11.2. The second kappa shape index (κ2) is 14.3. The SMILES string of the molecule is Cc1ccc(NC(=O)COc2cccc(/C=C3\SC(=Nc4ccccc4)N(CCCN4CCOCC4)C3=O)c2)cc1C. The number of aryl methyl sites for hydroxylation is 2. The number of nitrogens with one attached hydrogen (secondary N) is 1. The minimum Gasteiger partial charge on any atom is -0.484 e. The Morgan fingerprint density at radius 1 is 1.00 bits per heavy atom. The number of rotatable bonds is 10. The first-order valence-electron chi connectivity index (χ1n) is 14.2. The number of amidine groups is 1. The molecule has 2 aliphatic rings. The number of aliphatic imine (C=N–C) groups is 1. The van der Waals surface area contributed by atoms with Crippen LogP contribution in [-0.2, 0) is 14.3 Å². The topological polar surface area (TPSA) is 83.5 Å². The van der Waals surface area contributed by atoms with Gasteiger partial charge in [0.25, 0.3) is 11.8 Å². The summed E-state index contributed by atoms with van der Waals surface area (Å²) in [6, 6.07) is 22.9. The molecule has 42 heavy (non-hydrogen) atoms. The molecule has 3 aromatic carbocycles. The Bertz CT molecular complexity index is 1470. The van der Waals surface area contributed by atoms with Crippen LogP contribution in [0.2, 0.25) is 0 Å². The molecule has 2 aliphatic heterocycles. The van der Waals surface area contributed by atoms with Gasteiger partial charge in [-0.15, -0.1) is 0 Å². The van der Waals surface area contributed by atoms with E-state index in [0.29, 0.717) is 22.4 Å². The smallest absolute Gasteiger partial charge is 0.266 e. The van der Waals surface area contributed by atoms with Crippen LogP contribution in [0.15, 0.2) is 82.7 Å². The highest BCUT2D eigenvalue weighted by molar-refractivity contribution is 8.18. The first-order valence-corrected chi connectivity index (χ1v) is 15.0. The number of hydrogen-bond acceptors (Lipinski definition) is 7. The van der Waals surface area contributed by atoms with Crippen molar-refractivity contribution in [1.29, 1.82) is 0 Å². The quantitative estimate of drug-likeness (QED) is 0.310. The maximum atomic E-state index is 13.5. The summed E-state index contributed by atoms with van der Waals surface area (Å²) in [6.07, 6.45) is 2.71. The highest BCUT2D eigenvalue weighted by Gasteiger charge is 2.33. The molecule has 5 rings (SSSR count). The van der Waals surface area contributed by atoms with Gasteiger partial charge in [-0.25, -0.2) is 4.99 Å². The predicted octanol–water partition coefficient (Wildman–Crippen LogP) is 5.65. The standard InChI is InChI=1S/C33H36N4O4S/c1-24-12-13-28(20-25(24)2)34-31(38)23-41-29-11-6-8-26(21-29)22-30-32(39)37(15-7-14-36-16-18-40-19-17-36)33(42-30)35-27-9-4-3-5-10-27/h3-6,8-13,20-22H,7,14-19,23H2,1-2H3,(H,34,38)/b30-22-,35-33?. The van der Waals surface area contributed by atoms with Gasteiger partial charge in [-0.2, -0.15) is 0 Å². The maximum Gasteiger partial charge on any atom is 0.266 e. The van der Waals surface area contributed by atoms with Crippen molar-refractivity contribution in [3.63, 3.8) is 0 Å². The first kappa shape index (κ1) is 29.6. The van der Waals surface area contributed by atoms with Crippen molar-refractivity contribution >= 4 is 46.2 Å². The molecular weight excluding hydrogens is 548 g/mol. The Balaban J connectivity index is 1.25. The van der Waals surface area contributed by atoms with Gasteiger partial charge >= 0.3 is 0 Å². The summed E-state index contributed by atoms with van der Waals surface area (Å²) in [6.45, 7) is 8.77. The van der Waals surface area contributed by atoms with Crippen molar-refractivity contribution in [3.8, 4) is 5.75 Å². The monoisotopic (exact) mass is 584 g/mol. The summed E-state index contributed by atoms with van der Waals surface area (Å²) >= 11 is 1.38. The number of carbonyl (C=O) groups excluding carboxylic acids is 2. The molecule has 2 fully saturated rings. The average molecular weight is 585 g/mol. The van der Waals surface area contributed by atoms with Gasteiger partial charge in [0.1, 0.15) is 5.75 Å². The van der Waals surface area contributed by atoms with E-state index in [0.717, 1.165) is 61.8 Å². The van der Waals surface area contributed by atoms with Crippen molar-refractivity contribution < 1.29 is 19.1 Å². The Hall–Kier alpha value is -3.92. The van der Waals surface area contributed by atoms with Gasteiger partial charge in [-0.05, 0) is 91.2 Å². The fourth-order valence-corrected chi connectivity index (χ4v) is 5.71. The lowest BCUT2D eigenvalue weighted by Gasteiger charge is -2.27. The van der Waals surface area contributed by atoms with Crippen molar-refractivity contribution in [3.05, 3.63) is 94.4 Å². The van der Waals surface area contributed by atoms with Crippen LogP contribution in [0, 0.1) is 13.8 Å². The summed E-state index contributed by atoms with van der Waals surface area (Å²) in [5, 5.41) is 3.55. The molecule has 0 unspecified atom stereocenters. The van der Waals surface area contributed by atoms with E-state index < -0.39 is 0 Å². The fraction of sp³-hybridized carbons (Fsp3) is 0.303. The minimum absolute atomic E-state index is 0.0595. The third-order valence-electron chi connectivity index (χ3n) is 7.15. The number of amides is 2.